The van der Waals surface area contributed by atoms with Gasteiger partial charge in [-0.2, -0.15) is 0 Å². The van der Waals surface area contributed by atoms with Crippen molar-refractivity contribution in [3.63, 3.8) is 0 Å². The highest BCUT2D eigenvalue weighted by molar-refractivity contribution is 14.1. The molecule has 0 aliphatic rings. The predicted octanol–water partition coefficient (Wildman–Crippen LogP) is 4.84. The number of hydrogen-bond acceptors (Lipinski definition) is 3. The molecule has 0 atom stereocenters. The molecule has 0 saturated carbocycles. The van der Waals surface area contributed by atoms with Crippen molar-refractivity contribution in [1.29, 1.82) is 0 Å². The van der Waals surface area contributed by atoms with E-state index in [1.165, 1.54) is 0 Å². The number of benzene rings is 2. The van der Waals surface area contributed by atoms with Crippen LogP contribution in [0.2, 0.25) is 0 Å². The van der Waals surface area contributed by atoms with E-state index in [0.29, 0.717) is 0 Å². The van der Waals surface area contributed by atoms with Crippen molar-refractivity contribution in [2.45, 2.75) is 20.0 Å². The SMILES string of the molecule is COc1cccc(C=Nc2ccccc2I)c1OC(C)C. The average Bonchev–Trinajstić information content (AvgIpc) is 2.47. The van der Waals surface area contributed by atoms with Crippen LogP contribution >= 0.6 is 22.6 Å². The molecule has 0 radical (unpaired) electrons. The van der Waals surface area contributed by atoms with Gasteiger partial charge in [0.25, 0.3) is 0 Å². The van der Waals surface area contributed by atoms with E-state index in [1.54, 1.807) is 7.11 Å². The van der Waals surface area contributed by atoms with Gasteiger partial charge in [-0.25, -0.2) is 0 Å². The number of rotatable bonds is 5. The largest absolute Gasteiger partial charge is 0.493 e. The Balaban J connectivity index is 2.37. The lowest BCUT2D eigenvalue weighted by molar-refractivity contribution is 0.230. The molecule has 4 heteroatoms. The first-order chi connectivity index (χ1) is 10.1. The number of hydrogen-bond donors (Lipinski definition) is 0. The van der Waals surface area contributed by atoms with E-state index in [4.69, 9.17) is 9.47 Å². The Kier molecular flexibility index (Phi) is 5.61. The van der Waals surface area contributed by atoms with Gasteiger partial charge in [0.1, 0.15) is 0 Å². The number of ether oxygens (including phenoxy) is 2. The lowest BCUT2D eigenvalue weighted by Crippen LogP contribution is -2.08. The maximum atomic E-state index is 5.87. The number of methoxy groups -OCH3 is 1. The molecular formula is C17H18INO2. The zero-order chi connectivity index (χ0) is 15.2. The predicted molar refractivity (Wildman–Crippen MR) is 95.2 cm³/mol. The van der Waals surface area contributed by atoms with Crippen molar-refractivity contribution in [3.05, 3.63) is 51.6 Å². The molecule has 2 aromatic carbocycles. The van der Waals surface area contributed by atoms with Crippen LogP contribution in [0.15, 0.2) is 47.5 Å². The molecule has 2 aromatic rings. The van der Waals surface area contributed by atoms with Gasteiger partial charge in [0.2, 0.25) is 0 Å². The van der Waals surface area contributed by atoms with Gasteiger partial charge in [-0.15, -0.1) is 0 Å². The second kappa shape index (κ2) is 7.45. The first-order valence-corrected chi connectivity index (χ1v) is 7.82. The van der Waals surface area contributed by atoms with Crippen LogP contribution in [-0.4, -0.2) is 19.4 Å². The summed E-state index contributed by atoms with van der Waals surface area (Å²) < 4.78 is 12.4. The molecule has 0 aromatic heterocycles. The summed E-state index contributed by atoms with van der Waals surface area (Å²) in [7, 11) is 1.64. The van der Waals surface area contributed by atoms with Crippen LogP contribution in [0.25, 0.3) is 0 Å². The first-order valence-electron chi connectivity index (χ1n) is 6.74. The molecule has 0 fully saturated rings. The Morgan fingerprint density at radius 3 is 2.52 bits per heavy atom. The fourth-order valence-electron chi connectivity index (χ4n) is 1.85. The molecule has 2 rings (SSSR count). The van der Waals surface area contributed by atoms with Crippen LogP contribution in [0.3, 0.4) is 0 Å². The summed E-state index contributed by atoms with van der Waals surface area (Å²) in [6.45, 7) is 3.99. The van der Waals surface area contributed by atoms with E-state index in [0.717, 1.165) is 26.3 Å². The van der Waals surface area contributed by atoms with Crippen molar-refractivity contribution in [2.24, 2.45) is 4.99 Å². The van der Waals surface area contributed by atoms with Crippen LogP contribution in [0.5, 0.6) is 11.5 Å². The van der Waals surface area contributed by atoms with Gasteiger partial charge in [0, 0.05) is 15.3 Å². The molecule has 21 heavy (non-hydrogen) atoms. The number of para-hydroxylation sites is 2. The van der Waals surface area contributed by atoms with E-state index < -0.39 is 0 Å². The summed E-state index contributed by atoms with van der Waals surface area (Å²) >= 11 is 2.28. The third kappa shape index (κ3) is 4.20. The van der Waals surface area contributed by atoms with Gasteiger partial charge in [0.05, 0.1) is 18.9 Å². The van der Waals surface area contributed by atoms with Crippen LogP contribution in [-0.2, 0) is 0 Å². The quantitative estimate of drug-likeness (QED) is 0.536. The lowest BCUT2D eigenvalue weighted by Gasteiger charge is -2.15. The third-order valence-corrected chi connectivity index (χ3v) is 3.69. The number of halogens is 1. The van der Waals surface area contributed by atoms with Crippen LogP contribution < -0.4 is 9.47 Å². The van der Waals surface area contributed by atoms with Gasteiger partial charge in [-0.3, -0.25) is 4.99 Å². The molecule has 0 aliphatic carbocycles. The molecule has 0 saturated heterocycles. The van der Waals surface area contributed by atoms with Gasteiger partial charge >= 0.3 is 0 Å². The molecule has 0 N–H and O–H groups in total. The minimum absolute atomic E-state index is 0.0744. The number of aliphatic imine (C=N–C) groups is 1. The molecule has 0 heterocycles. The minimum atomic E-state index is 0.0744. The average molecular weight is 395 g/mol. The Morgan fingerprint density at radius 2 is 1.86 bits per heavy atom. The number of nitrogens with zero attached hydrogens (tertiary/aromatic N) is 1. The molecule has 110 valence electrons. The fourth-order valence-corrected chi connectivity index (χ4v) is 2.38. The maximum Gasteiger partial charge on any atom is 0.170 e. The van der Waals surface area contributed by atoms with E-state index in [1.807, 2.05) is 62.5 Å². The standard InChI is InChI=1S/C17H18INO2/c1-12(2)21-17-13(7-6-10-16(17)20-3)11-19-15-9-5-4-8-14(15)18/h4-12H,1-3H3. The molecule has 0 bridgehead atoms. The Bertz CT molecular complexity index is 638. The van der Waals surface area contributed by atoms with Gasteiger partial charge in [-0.1, -0.05) is 18.2 Å². The topological polar surface area (TPSA) is 30.8 Å². The highest BCUT2D eigenvalue weighted by atomic mass is 127. The minimum Gasteiger partial charge on any atom is -0.493 e. The summed E-state index contributed by atoms with van der Waals surface area (Å²) in [6, 6.07) is 13.8. The smallest absolute Gasteiger partial charge is 0.170 e. The summed E-state index contributed by atoms with van der Waals surface area (Å²) in [5.41, 5.74) is 1.85. The molecule has 0 amide bonds. The van der Waals surface area contributed by atoms with E-state index in [-0.39, 0.29) is 6.10 Å². The summed E-state index contributed by atoms with van der Waals surface area (Å²) in [5, 5.41) is 0. The molecule has 0 unspecified atom stereocenters. The zero-order valence-corrected chi connectivity index (χ0v) is 14.5. The second-order valence-corrected chi connectivity index (χ2v) is 5.92. The van der Waals surface area contributed by atoms with Crippen molar-refractivity contribution < 1.29 is 9.47 Å². The molecule has 3 nitrogen and oxygen atoms in total. The highest BCUT2D eigenvalue weighted by Crippen LogP contribution is 2.31. The molecule has 0 spiro atoms. The maximum absolute atomic E-state index is 5.87. The summed E-state index contributed by atoms with van der Waals surface area (Å²) in [5.74, 6) is 1.44. The first kappa shape index (κ1) is 15.8. The third-order valence-electron chi connectivity index (χ3n) is 2.78. The van der Waals surface area contributed by atoms with Gasteiger partial charge in [0.15, 0.2) is 11.5 Å². The fraction of sp³-hybridized carbons (Fsp3) is 0.235. The lowest BCUT2D eigenvalue weighted by atomic mass is 10.2. The summed E-state index contributed by atoms with van der Waals surface area (Å²) in [6.07, 6.45) is 1.89. The molecule has 0 aliphatic heterocycles. The Hall–Kier alpha value is -1.56. The second-order valence-electron chi connectivity index (χ2n) is 4.75. The van der Waals surface area contributed by atoms with E-state index >= 15 is 0 Å². The van der Waals surface area contributed by atoms with Gasteiger partial charge < -0.3 is 9.47 Å². The van der Waals surface area contributed by atoms with E-state index in [2.05, 4.69) is 27.6 Å². The Labute approximate surface area is 139 Å². The van der Waals surface area contributed by atoms with Crippen LogP contribution in [0, 0.1) is 3.57 Å². The van der Waals surface area contributed by atoms with E-state index in [9.17, 15) is 0 Å². The van der Waals surface area contributed by atoms with Crippen LogP contribution in [0.1, 0.15) is 19.4 Å². The van der Waals surface area contributed by atoms with Crippen molar-refractivity contribution in [2.75, 3.05) is 7.11 Å². The zero-order valence-electron chi connectivity index (χ0n) is 12.3. The van der Waals surface area contributed by atoms with Gasteiger partial charge in [-0.05, 0) is 60.7 Å². The van der Waals surface area contributed by atoms with Crippen molar-refractivity contribution in [1.82, 2.24) is 0 Å². The normalized spacial score (nSPS) is 11.1. The monoisotopic (exact) mass is 395 g/mol. The van der Waals surface area contributed by atoms with Crippen molar-refractivity contribution in [3.8, 4) is 11.5 Å². The van der Waals surface area contributed by atoms with Crippen molar-refractivity contribution >= 4 is 34.5 Å². The summed E-state index contributed by atoms with van der Waals surface area (Å²) in [4.78, 5) is 4.55. The Morgan fingerprint density at radius 1 is 1.10 bits per heavy atom. The molecular weight excluding hydrogens is 377 g/mol. The van der Waals surface area contributed by atoms with Crippen LogP contribution in [0.4, 0.5) is 5.69 Å². The highest BCUT2D eigenvalue weighted by Gasteiger charge is 2.10.